The summed E-state index contributed by atoms with van der Waals surface area (Å²) >= 11 is 1.46. The van der Waals surface area contributed by atoms with Crippen LogP contribution in [0.4, 0.5) is 0 Å². The van der Waals surface area contributed by atoms with Crippen LogP contribution in [0, 0.1) is 34.5 Å². The molecule has 39 heavy (non-hydrogen) atoms. The Morgan fingerprint density at radius 3 is 2.44 bits per heavy atom. The second-order valence-corrected chi connectivity index (χ2v) is 13.2. The van der Waals surface area contributed by atoms with Crippen molar-refractivity contribution in [3.8, 4) is 0 Å². The van der Waals surface area contributed by atoms with Crippen molar-refractivity contribution in [1.82, 2.24) is 9.88 Å². The van der Waals surface area contributed by atoms with Gasteiger partial charge in [0.25, 0.3) is 0 Å². The van der Waals surface area contributed by atoms with Gasteiger partial charge in [-0.2, -0.15) is 0 Å². The monoisotopic (exact) mass is 545 g/mol. The van der Waals surface area contributed by atoms with Crippen LogP contribution >= 0.6 is 11.3 Å². The first-order valence-corrected chi connectivity index (χ1v) is 14.9. The van der Waals surface area contributed by atoms with Crippen LogP contribution in [0.15, 0.2) is 47.9 Å². The lowest BCUT2D eigenvalue weighted by Gasteiger charge is -2.31. The van der Waals surface area contributed by atoms with Crippen LogP contribution in [0.3, 0.4) is 0 Å². The van der Waals surface area contributed by atoms with Gasteiger partial charge < -0.3 is 15.4 Å². The van der Waals surface area contributed by atoms with E-state index in [4.69, 9.17) is 10.4 Å². The zero-order valence-electron chi connectivity index (χ0n) is 23.3. The summed E-state index contributed by atoms with van der Waals surface area (Å²) < 4.78 is 0. The number of allylic oxidation sites excluding steroid dienone is 4. The number of Topliss-reactive ketones (excluding diaryl/α,β-unsaturated/α-hetero) is 1. The molecular weight excluding hydrogens is 506 g/mol. The zero-order valence-corrected chi connectivity index (χ0v) is 24.1. The topological polar surface area (TPSA) is 94.3 Å². The van der Waals surface area contributed by atoms with E-state index in [2.05, 4.69) is 51.1 Å². The SMILES string of the molecule is CC1C=C(c2csc(CC(=N)C(=O)C3(CC(=O)O)Cc4ccccc4C3)n2)C=CC1[C@@H]1CC(N(C)C)CC1C. The van der Waals surface area contributed by atoms with Gasteiger partial charge in [-0.25, -0.2) is 4.98 Å². The number of hydrogen-bond acceptors (Lipinski definition) is 6. The molecule has 5 atom stereocenters. The van der Waals surface area contributed by atoms with E-state index in [1.807, 2.05) is 29.6 Å². The molecule has 1 saturated carbocycles. The van der Waals surface area contributed by atoms with Crippen LogP contribution in [-0.4, -0.2) is 52.6 Å². The molecule has 0 saturated heterocycles. The maximum atomic E-state index is 13.5. The fraction of sp³-hybridized carbons (Fsp3) is 0.500. The number of hydrogen-bond donors (Lipinski definition) is 2. The maximum Gasteiger partial charge on any atom is 0.304 e. The summed E-state index contributed by atoms with van der Waals surface area (Å²) in [6.07, 6.45) is 9.99. The van der Waals surface area contributed by atoms with Crippen molar-refractivity contribution in [3.63, 3.8) is 0 Å². The van der Waals surface area contributed by atoms with Crippen molar-refractivity contribution in [1.29, 1.82) is 5.41 Å². The number of nitrogens with one attached hydrogen (secondary N) is 1. The summed E-state index contributed by atoms with van der Waals surface area (Å²) in [7, 11) is 4.37. The summed E-state index contributed by atoms with van der Waals surface area (Å²) in [6.45, 7) is 4.69. The molecule has 0 radical (unpaired) electrons. The van der Waals surface area contributed by atoms with Gasteiger partial charge in [0, 0.05) is 17.8 Å². The number of ketones is 1. The second kappa shape index (κ2) is 10.9. The minimum Gasteiger partial charge on any atom is -0.481 e. The van der Waals surface area contributed by atoms with Crippen LogP contribution in [-0.2, 0) is 28.9 Å². The Morgan fingerprint density at radius 1 is 1.15 bits per heavy atom. The van der Waals surface area contributed by atoms with Crippen molar-refractivity contribution < 1.29 is 14.7 Å². The van der Waals surface area contributed by atoms with Gasteiger partial charge in [0.1, 0.15) is 0 Å². The number of carbonyl (C=O) groups is 2. The molecular formula is C32H39N3O3S. The Bertz CT molecular complexity index is 1310. The lowest BCUT2D eigenvalue weighted by molar-refractivity contribution is -0.142. The average Bonchev–Trinajstić information content (AvgIpc) is 3.60. The van der Waals surface area contributed by atoms with Crippen molar-refractivity contribution >= 4 is 34.4 Å². The highest BCUT2D eigenvalue weighted by Gasteiger charge is 2.46. The molecule has 1 fully saturated rings. The first-order valence-electron chi connectivity index (χ1n) is 14.0. The van der Waals surface area contributed by atoms with E-state index in [0.29, 0.717) is 47.6 Å². The van der Waals surface area contributed by atoms with Crippen molar-refractivity contribution in [3.05, 3.63) is 69.7 Å². The highest BCUT2D eigenvalue weighted by atomic mass is 32.1. The third kappa shape index (κ3) is 5.57. The number of carboxylic acids is 1. The predicted molar refractivity (Wildman–Crippen MR) is 156 cm³/mol. The number of fused-ring (bicyclic) bond motifs is 1. The number of thiazole rings is 1. The van der Waals surface area contributed by atoms with Gasteiger partial charge in [-0.1, -0.05) is 56.3 Å². The molecule has 7 heteroatoms. The lowest BCUT2D eigenvalue weighted by atomic mass is 9.74. The van der Waals surface area contributed by atoms with E-state index in [-0.39, 0.29) is 24.3 Å². The summed E-state index contributed by atoms with van der Waals surface area (Å²) in [5, 5.41) is 21.0. The van der Waals surface area contributed by atoms with E-state index >= 15 is 0 Å². The normalized spacial score (nSPS) is 27.4. The molecule has 2 aromatic rings. The number of aliphatic carboxylic acids is 1. The number of benzene rings is 1. The van der Waals surface area contributed by atoms with Crippen LogP contribution in [0.5, 0.6) is 0 Å². The highest BCUT2D eigenvalue weighted by molar-refractivity contribution is 7.09. The van der Waals surface area contributed by atoms with E-state index in [9.17, 15) is 14.7 Å². The predicted octanol–water partition coefficient (Wildman–Crippen LogP) is 5.72. The molecule has 0 spiro atoms. The van der Waals surface area contributed by atoms with Gasteiger partial charge in [0.15, 0.2) is 5.78 Å². The number of carbonyl (C=O) groups excluding carboxylic acids is 1. The van der Waals surface area contributed by atoms with E-state index in [1.165, 1.54) is 24.2 Å². The summed E-state index contributed by atoms with van der Waals surface area (Å²) in [5.74, 6) is 0.956. The molecule has 6 nitrogen and oxygen atoms in total. The molecule has 3 aliphatic carbocycles. The van der Waals surface area contributed by atoms with Gasteiger partial charge in [0.2, 0.25) is 0 Å². The Labute approximate surface area is 235 Å². The van der Waals surface area contributed by atoms with Gasteiger partial charge in [-0.3, -0.25) is 9.59 Å². The third-order valence-corrected chi connectivity index (χ3v) is 10.1. The molecule has 1 aromatic heterocycles. The Kier molecular flexibility index (Phi) is 7.75. The molecule has 4 unspecified atom stereocenters. The van der Waals surface area contributed by atoms with Gasteiger partial charge in [-0.05, 0) is 80.2 Å². The molecule has 0 aliphatic heterocycles. The molecule has 0 amide bonds. The maximum absolute atomic E-state index is 13.5. The molecule has 0 bridgehead atoms. The largest absolute Gasteiger partial charge is 0.481 e. The quantitative estimate of drug-likeness (QED) is 0.393. The number of carboxylic acid groups (broad SMARTS) is 1. The Morgan fingerprint density at radius 2 is 1.85 bits per heavy atom. The van der Waals surface area contributed by atoms with Crippen LogP contribution in [0.1, 0.15) is 54.9 Å². The Hall–Kier alpha value is -2.90. The molecule has 206 valence electrons. The smallest absolute Gasteiger partial charge is 0.304 e. The van der Waals surface area contributed by atoms with Crippen LogP contribution < -0.4 is 0 Å². The molecule has 2 N–H and O–H groups in total. The first-order chi connectivity index (χ1) is 18.6. The van der Waals surface area contributed by atoms with E-state index in [1.54, 1.807) is 0 Å². The summed E-state index contributed by atoms with van der Waals surface area (Å²) in [4.78, 5) is 32.4. The van der Waals surface area contributed by atoms with Gasteiger partial charge in [-0.15, -0.1) is 11.3 Å². The lowest BCUT2D eigenvalue weighted by Crippen LogP contribution is -2.39. The molecule has 1 aromatic carbocycles. The standard InChI is InChI=1S/C32H39N3O3S/c1-19-11-21(9-10-25(19)26-13-24(35(3)4)12-20(26)2)28-18-39-29(34-28)14-27(33)31(38)32(17-30(36)37)15-22-7-5-6-8-23(22)16-32/h5-11,18-20,24-26,33H,12-17H2,1-4H3,(H,36,37)/t19?,20?,24?,25?,26-/m1/s1. The fourth-order valence-corrected chi connectivity index (χ4v) is 7.99. The Balaban J connectivity index is 1.26. The average molecular weight is 546 g/mol. The van der Waals surface area contributed by atoms with Crippen LogP contribution in [0.25, 0.3) is 5.57 Å². The van der Waals surface area contributed by atoms with Crippen molar-refractivity contribution in [2.45, 2.75) is 58.4 Å². The fourth-order valence-electron chi connectivity index (χ4n) is 7.17. The summed E-state index contributed by atoms with van der Waals surface area (Å²) in [5.41, 5.74) is 2.85. The van der Waals surface area contributed by atoms with E-state index in [0.717, 1.165) is 22.4 Å². The summed E-state index contributed by atoms with van der Waals surface area (Å²) in [6, 6.07) is 8.38. The first kappa shape index (κ1) is 27.7. The molecule has 3 aliphatic rings. The van der Waals surface area contributed by atoms with E-state index < -0.39 is 11.4 Å². The van der Waals surface area contributed by atoms with Crippen molar-refractivity contribution in [2.24, 2.45) is 29.1 Å². The zero-order chi connectivity index (χ0) is 27.9. The number of rotatable bonds is 9. The molecule has 5 rings (SSSR count). The van der Waals surface area contributed by atoms with Gasteiger partial charge >= 0.3 is 5.97 Å². The molecule has 1 heterocycles. The van der Waals surface area contributed by atoms with Gasteiger partial charge in [0.05, 0.1) is 28.2 Å². The number of aromatic nitrogens is 1. The number of nitrogens with zero attached hydrogens (tertiary/aromatic N) is 2. The minimum atomic E-state index is -1.09. The third-order valence-electron chi connectivity index (χ3n) is 9.29. The highest BCUT2D eigenvalue weighted by Crippen LogP contribution is 2.45. The van der Waals surface area contributed by atoms with Crippen molar-refractivity contribution in [2.75, 3.05) is 14.1 Å². The minimum absolute atomic E-state index is 0.0581. The second-order valence-electron chi connectivity index (χ2n) is 12.2. The van der Waals surface area contributed by atoms with Crippen LogP contribution in [0.2, 0.25) is 0 Å².